The zero-order valence-corrected chi connectivity index (χ0v) is 17.0. The smallest absolute Gasteiger partial charge is 0.251 e. The minimum Gasteiger partial charge on any atom is -0.322 e. The van der Waals surface area contributed by atoms with Crippen molar-refractivity contribution in [3.63, 3.8) is 0 Å². The minimum absolute atomic E-state index is 0.0293. The summed E-state index contributed by atoms with van der Waals surface area (Å²) in [5.41, 5.74) is 4.46. The van der Waals surface area contributed by atoms with Gasteiger partial charge in [-0.1, -0.05) is 43.3 Å². The van der Waals surface area contributed by atoms with Crippen molar-refractivity contribution < 1.29 is 0 Å². The predicted molar refractivity (Wildman–Crippen MR) is 118 cm³/mol. The van der Waals surface area contributed by atoms with E-state index in [-0.39, 0.29) is 5.56 Å². The zero-order chi connectivity index (χ0) is 19.8. The van der Waals surface area contributed by atoms with Gasteiger partial charge in [0.05, 0.1) is 0 Å². The van der Waals surface area contributed by atoms with Gasteiger partial charge in [0.2, 0.25) is 0 Å². The van der Waals surface area contributed by atoms with Crippen molar-refractivity contribution in [1.82, 2.24) is 15.2 Å². The fourth-order valence-corrected chi connectivity index (χ4v) is 3.53. The number of aryl methyl sites for hydroxylation is 1. The van der Waals surface area contributed by atoms with Crippen molar-refractivity contribution >= 4 is 10.9 Å². The van der Waals surface area contributed by atoms with E-state index in [0.717, 1.165) is 61.9 Å². The number of H-pyrrole nitrogens is 1. The van der Waals surface area contributed by atoms with Gasteiger partial charge in [-0.2, -0.15) is 0 Å². The molecule has 0 amide bonds. The molecule has 2 aromatic carbocycles. The molecule has 2 N–H and O–H groups in total. The monoisotopic (exact) mass is 377 g/mol. The van der Waals surface area contributed by atoms with E-state index >= 15 is 0 Å². The Morgan fingerprint density at radius 1 is 1.00 bits per heavy atom. The van der Waals surface area contributed by atoms with Crippen LogP contribution in [0.15, 0.2) is 59.4 Å². The highest BCUT2D eigenvalue weighted by molar-refractivity contribution is 5.79. The van der Waals surface area contributed by atoms with Gasteiger partial charge in [-0.15, -0.1) is 0 Å². The third-order valence-electron chi connectivity index (χ3n) is 5.15. The Hall–Kier alpha value is -2.43. The molecule has 0 atom stereocenters. The average Bonchev–Trinajstić information content (AvgIpc) is 2.71. The maximum absolute atomic E-state index is 11.9. The van der Waals surface area contributed by atoms with E-state index in [4.69, 9.17) is 0 Å². The average molecular weight is 378 g/mol. The normalized spacial score (nSPS) is 11.4. The molecule has 0 bridgehead atoms. The lowest BCUT2D eigenvalue weighted by atomic mass is 10.1. The highest BCUT2D eigenvalue weighted by Crippen LogP contribution is 2.14. The fraction of sp³-hybridized carbons (Fsp3) is 0.375. The Balaban J connectivity index is 1.39. The number of rotatable bonds is 10. The minimum atomic E-state index is 0.0293. The van der Waals surface area contributed by atoms with E-state index in [9.17, 15) is 4.79 Å². The summed E-state index contributed by atoms with van der Waals surface area (Å²) in [5, 5.41) is 4.67. The Labute approximate surface area is 167 Å². The van der Waals surface area contributed by atoms with Crippen LogP contribution in [0.3, 0.4) is 0 Å². The first-order valence-corrected chi connectivity index (χ1v) is 10.2. The van der Waals surface area contributed by atoms with Gasteiger partial charge >= 0.3 is 0 Å². The van der Waals surface area contributed by atoms with Crippen molar-refractivity contribution in [3.05, 3.63) is 81.6 Å². The molecule has 0 aliphatic rings. The second-order valence-electron chi connectivity index (χ2n) is 7.48. The van der Waals surface area contributed by atoms with Crippen LogP contribution in [-0.2, 0) is 19.4 Å². The molecule has 0 saturated carbocycles. The van der Waals surface area contributed by atoms with E-state index in [1.165, 1.54) is 11.1 Å². The Morgan fingerprint density at radius 3 is 2.61 bits per heavy atom. The first-order chi connectivity index (χ1) is 13.7. The number of hydrogen-bond acceptors (Lipinski definition) is 3. The second-order valence-corrected chi connectivity index (χ2v) is 7.48. The van der Waals surface area contributed by atoms with Gasteiger partial charge in [-0.3, -0.25) is 4.79 Å². The summed E-state index contributed by atoms with van der Waals surface area (Å²) in [7, 11) is 2.18. The molecule has 0 aliphatic heterocycles. The lowest BCUT2D eigenvalue weighted by molar-refractivity contribution is 0.320. The molecule has 3 aromatic rings. The van der Waals surface area contributed by atoms with Gasteiger partial charge in [0.15, 0.2) is 0 Å². The molecule has 1 heterocycles. The molecule has 0 saturated heterocycles. The molecule has 28 heavy (non-hydrogen) atoms. The van der Waals surface area contributed by atoms with Crippen LogP contribution in [0, 0.1) is 0 Å². The molecule has 4 heteroatoms. The molecule has 148 valence electrons. The van der Waals surface area contributed by atoms with E-state index in [0.29, 0.717) is 0 Å². The quantitative estimate of drug-likeness (QED) is 0.529. The highest BCUT2D eigenvalue weighted by atomic mass is 16.1. The topological polar surface area (TPSA) is 48.1 Å². The molecule has 1 aromatic heterocycles. The number of fused-ring (bicyclic) bond motifs is 1. The SMILES string of the molecule is CCc1cc2cc(CCNCCCN(C)Cc3ccccc3)ccc2[nH]c1=O. The van der Waals surface area contributed by atoms with Gasteiger partial charge in [-0.25, -0.2) is 0 Å². The van der Waals surface area contributed by atoms with Crippen LogP contribution in [0.5, 0.6) is 0 Å². The summed E-state index contributed by atoms with van der Waals surface area (Å²) in [4.78, 5) is 17.2. The van der Waals surface area contributed by atoms with Crippen molar-refractivity contribution in [3.8, 4) is 0 Å². The van der Waals surface area contributed by atoms with Crippen LogP contribution in [0.25, 0.3) is 10.9 Å². The van der Waals surface area contributed by atoms with Crippen LogP contribution < -0.4 is 10.9 Å². The molecule has 0 radical (unpaired) electrons. The Kier molecular flexibility index (Phi) is 7.40. The van der Waals surface area contributed by atoms with E-state index in [1.807, 2.05) is 19.1 Å². The van der Waals surface area contributed by atoms with Gasteiger partial charge in [0.1, 0.15) is 0 Å². The lowest BCUT2D eigenvalue weighted by Crippen LogP contribution is -2.25. The number of pyridine rings is 1. The van der Waals surface area contributed by atoms with Gasteiger partial charge in [0, 0.05) is 17.6 Å². The van der Waals surface area contributed by atoms with Gasteiger partial charge < -0.3 is 15.2 Å². The fourth-order valence-electron chi connectivity index (χ4n) is 3.53. The summed E-state index contributed by atoms with van der Waals surface area (Å²) < 4.78 is 0. The first-order valence-electron chi connectivity index (χ1n) is 10.2. The number of hydrogen-bond donors (Lipinski definition) is 2. The maximum Gasteiger partial charge on any atom is 0.251 e. The number of benzene rings is 2. The van der Waals surface area contributed by atoms with Crippen molar-refractivity contribution in [2.24, 2.45) is 0 Å². The van der Waals surface area contributed by atoms with Gasteiger partial charge in [0.25, 0.3) is 5.56 Å². The molecule has 0 fully saturated rings. The highest BCUT2D eigenvalue weighted by Gasteiger charge is 2.03. The Bertz CT molecular complexity index is 933. The summed E-state index contributed by atoms with van der Waals surface area (Å²) in [6.07, 6.45) is 2.90. The van der Waals surface area contributed by atoms with Crippen LogP contribution in [0.1, 0.15) is 30.0 Å². The standard InChI is InChI=1S/C24H31N3O/c1-3-21-17-22-16-19(10-11-23(22)26-24(21)28)12-14-25-13-7-15-27(2)18-20-8-5-4-6-9-20/h4-6,8-11,16-17,25H,3,7,12-15,18H2,1-2H3,(H,26,28). The third-order valence-corrected chi connectivity index (χ3v) is 5.15. The summed E-state index contributed by atoms with van der Waals surface area (Å²) in [6.45, 7) is 6.10. The Morgan fingerprint density at radius 2 is 1.82 bits per heavy atom. The largest absolute Gasteiger partial charge is 0.322 e. The molecule has 4 nitrogen and oxygen atoms in total. The first kappa shape index (κ1) is 20.3. The van der Waals surface area contributed by atoms with Gasteiger partial charge in [-0.05, 0) is 80.7 Å². The summed E-state index contributed by atoms with van der Waals surface area (Å²) >= 11 is 0. The number of nitrogens with zero attached hydrogens (tertiary/aromatic N) is 1. The van der Waals surface area contributed by atoms with E-state index < -0.39 is 0 Å². The van der Waals surface area contributed by atoms with Crippen LogP contribution in [0.2, 0.25) is 0 Å². The number of nitrogens with one attached hydrogen (secondary N) is 2. The van der Waals surface area contributed by atoms with E-state index in [1.54, 1.807) is 0 Å². The molecular formula is C24H31N3O. The number of aromatic nitrogens is 1. The van der Waals surface area contributed by atoms with E-state index in [2.05, 4.69) is 64.7 Å². The molecule has 3 rings (SSSR count). The van der Waals surface area contributed by atoms with Crippen LogP contribution in [-0.4, -0.2) is 36.6 Å². The lowest BCUT2D eigenvalue weighted by Gasteiger charge is -2.16. The van der Waals surface area contributed by atoms with Crippen molar-refractivity contribution in [2.45, 2.75) is 32.7 Å². The van der Waals surface area contributed by atoms with Crippen LogP contribution >= 0.6 is 0 Å². The second kappa shape index (κ2) is 10.2. The predicted octanol–water partition coefficient (Wildman–Crippen LogP) is 3.74. The third kappa shape index (κ3) is 5.78. The molecule has 0 unspecified atom stereocenters. The summed E-state index contributed by atoms with van der Waals surface area (Å²) in [6, 6.07) is 19.0. The summed E-state index contributed by atoms with van der Waals surface area (Å²) in [5.74, 6) is 0. The molecule has 0 aliphatic carbocycles. The van der Waals surface area contributed by atoms with Crippen LogP contribution in [0.4, 0.5) is 0 Å². The number of aromatic amines is 1. The van der Waals surface area contributed by atoms with Crippen molar-refractivity contribution in [2.75, 3.05) is 26.7 Å². The van der Waals surface area contributed by atoms with Crippen molar-refractivity contribution in [1.29, 1.82) is 0 Å². The molecule has 0 spiro atoms. The zero-order valence-electron chi connectivity index (χ0n) is 17.0. The maximum atomic E-state index is 11.9. The molecular weight excluding hydrogens is 346 g/mol.